The van der Waals surface area contributed by atoms with E-state index < -0.39 is 12.0 Å². The fraction of sp³-hybridized carbons (Fsp3) is 0.778. The standard InChI is InChI=1S/C9H14N2O4S/c12-8(13)6-3-5(4-11-6)15-9(14)7-10-1-2-16-7/h5-7,10-11H,1-4H2,(H,12,13)/t5?,6-,7+/m0/s1. The molecule has 0 radical (unpaired) electrons. The zero-order valence-corrected chi connectivity index (χ0v) is 9.46. The predicted molar refractivity (Wildman–Crippen MR) is 58.2 cm³/mol. The number of esters is 1. The van der Waals surface area contributed by atoms with Crippen molar-refractivity contribution >= 4 is 23.7 Å². The van der Waals surface area contributed by atoms with Crippen molar-refractivity contribution in [3.8, 4) is 0 Å². The van der Waals surface area contributed by atoms with Crippen molar-refractivity contribution in [3.05, 3.63) is 0 Å². The molecular weight excluding hydrogens is 232 g/mol. The number of carboxylic acids is 1. The van der Waals surface area contributed by atoms with Gasteiger partial charge in [0.1, 0.15) is 12.1 Å². The molecule has 0 amide bonds. The van der Waals surface area contributed by atoms with Crippen LogP contribution < -0.4 is 10.6 Å². The predicted octanol–water partition coefficient (Wildman–Crippen LogP) is -0.993. The first-order valence-electron chi connectivity index (χ1n) is 5.18. The molecule has 2 saturated heterocycles. The molecule has 0 saturated carbocycles. The van der Waals surface area contributed by atoms with Gasteiger partial charge in [-0.2, -0.15) is 0 Å². The lowest BCUT2D eigenvalue weighted by Gasteiger charge is -2.14. The van der Waals surface area contributed by atoms with Crippen LogP contribution in [0.25, 0.3) is 0 Å². The van der Waals surface area contributed by atoms with Gasteiger partial charge in [-0.1, -0.05) is 0 Å². The number of hydrogen-bond donors (Lipinski definition) is 3. The second kappa shape index (κ2) is 5.03. The van der Waals surface area contributed by atoms with Crippen LogP contribution >= 0.6 is 11.8 Å². The van der Waals surface area contributed by atoms with E-state index in [9.17, 15) is 9.59 Å². The number of carboxylic acid groups (broad SMARTS) is 1. The third kappa shape index (κ3) is 2.66. The van der Waals surface area contributed by atoms with E-state index in [1.807, 2.05) is 0 Å². The van der Waals surface area contributed by atoms with Crippen molar-refractivity contribution in [2.45, 2.75) is 23.9 Å². The summed E-state index contributed by atoms with van der Waals surface area (Å²) in [6, 6.07) is -0.595. The first-order valence-corrected chi connectivity index (χ1v) is 6.23. The lowest BCUT2D eigenvalue weighted by atomic mass is 10.2. The highest BCUT2D eigenvalue weighted by Crippen LogP contribution is 2.18. The second-order valence-electron chi connectivity index (χ2n) is 3.80. The summed E-state index contributed by atoms with van der Waals surface area (Å²) in [4.78, 5) is 22.3. The van der Waals surface area contributed by atoms with Gasteiger partial charge >= 0.3 is 11.9 Å². The number of carbonyl (C=O) groups is 2. The molecule has 16 heavy (non-hydrogen) atoms. The summed E-state index contributed by atoms with van der Waals surface area (Å²) < 4.78 is 5.23. The highest BCUT2D eigenvalue weighted by molar-refractivity contribution is 8.00. The van der Waals surface area contributed by atoms with Gasteiger partial charge in [-0.3, -0.25) is 10.1 Å². The molecule has 7 heteroatoms. The Balaban J connectivity index is 1.78. The van der Waals surface area contributed by atoms with Crippen LogP contribution in [0.3, 0.4) is 0 Å². The van der Waals surface area contributed by atoms with Crippen molar-refractivity contribution in [2.75, 3.05) is 18.8 Å². The lowest BCUT2D eigenvalue weighted by molar-refractivity contribution is -0.149. The summed E-state index contributed by atoms with van der Waals surface area (Å²) in [7, 11) is 0. The summed E-state index contributed by atoms with van der Waals surface area (Å²) in [6.07, 6.45) is 0.0231. The van der Waals surface area contributed by atoms with Crippen LogP contribution in [-0.4, -0.2) is 53.4 Å². The Morgan fingerprint density at radius 1 is 1.38 bits per heavy atom. The van der Waals surface area contributed by atoms with Crippen LogP contribution in [0.4, 0.5) is 0 Å². The number of ether oxygens (including phenoxy) is 1. The summed E-state index contributed by atoms with van der Waals surface area (Å²) >= 11 is 1.52. The third-order valence-corrected chi connectivity index (χ3v) is 3.73. The van der Waals surface area contributed by atoms with Gasteiger partial charge in [-0.05, 0) is 0 Å². The fourth-order valence-corrected chi connectivity index (χ4v) is 2.68. The normalized spacial score (nSPS) is 33.9. The Hall–Kier alpha value is -0.790. The van der Waals surface area contributed by atoms with E-state index in [-0.39, 0.29) is 17.4 Å². The maximum absolute atomic E-state index is 11.6. The molecule has 2 aliphatic rings. The molecule has 2 heterocycles. The van der Waals surface area contributed by atoms with Gasteiger partial charge < -0.3 is 15.2 Å². The van der Waals surface area contributed by atoms with Gasteiger partial charge in [0, 0.05) is 25.3 Å². The van der Waals surface area contributed by atoms with Crippen LogP contribution in [0.15, 0.2) is 0 Å². The lowest BCUT2D eigenvalue weighted by Crippen LogP contribution is -2.33. The molecule has 0 aromatic rings. The monoisotopic (exact) mass is 246 g/mol. The number of aliphatic carboxylic acids is 1. The van der Waals surface area contributed by atoms with Crippen LogP contribution in [0.1, 0.15) is 6.42 Å². The molecule has 0 spiro atoms. The van der Waals surface area contributed by atoms with Crippen LogP contribution in [-0.2, 0) is 14.3 Å². The summed E-state index contributed by atoms with van der Waals surface area (Å²) in [5.41, 5.74) is 0. The van der Waals surface area contributed by atoms with Gasteiger partial charge in [-0.25, -0.2) is 4.79 Å². The van der Waals surface area contributed by atoms with Gasteiger partial charge in [-0.15, -0.1) is 11.8 Å². The van der Waals surface area contributed by atoms with E-state index in [1.54, 1.807) is 0 Å². The molecule has 2 rings (SSSR count). The summed E-state index contributed by atoms with van der Waals surface area (Å²) in [5.74, 6) is -0.285. The smallest absolute Gasteiger partial charge is 0.333 e. The molecule has 0 bridgehead atoms. The number of rotatable bonds is 3. The maximum Gasteiger partial charge on any atom is 0.333 e. The van der Waals surface area contributed by atoms with Crippen LogP contribution in [0.2, 0.25) is 0 Å². The van der Waals surface area contributed by atoms with Crippen molar-refractivity contribution in [3.63, 3.8) is 0 Å². The Bertz CT molecular complexity index is 293. The third-order valence-electron chi connectivity index (χ3n) is 2.60. The van der Waals surface area contributed by atoms with E-state index in [4.69, 9.17) is 9.84 Å². The van der Waals surface area contributed by atoms with E-state index in [0.29, 0.717) is 13.0 Å². The first kappa shape index (κ1) is 11.7. The van der Waals surface area contributed by atoms with E-state index in [0.717, 1.165) is 12.3 Å². The molecule has 0 aromatic carbocycles. The molecule has 0 aromatic heterocycles. The van der Waals surface area contributed by atoms with Crippen molar-refractivity contribution in [2.24, 2.45) is 0 Å². The van der Waals surface area contributed by atoms with E-state index in [2.05, 4.69) is 10.6 Å². The van der Waals surface area contributed by atoms with E-state index in [1.165, 1.54) is 11.8 Å². The quantitative estimate of drug-likeness (QED) is 0.551. The number of nitrogens with one attached hydrogen (secondary N) is 2. The van der Waals surface area contributed by atoms with Crippen molar-refractivity contribution < 1.29 is 19.4 Å². The molecule has 2 aliphatic heterocycles. The molecule has 2 fully saturated rings. The largest absolute Gasteiger partial charge is 0.480 e. The minimum Gasteiger partial charge on any atom is -0.480 e. The Labute approximate surface area is 97.1 Å². The molecular formula is C9H14N2O4S. The number of thioether (sulfide) groups is 1. The summed E-state index contributed by atoms with van der Waals surface area (Å²) in [5, 5.41) is 14.3. The zero-order valence-electron chi connectivity index (χ0n) is 8.64. The highest BCUT2D eigenvalue weighted by Gasteiger charge is 2.33. The van der Waals surface area contributed by atoms with Gasteiger partial charge in [0.25, 0.3) is 0 Å². The molecule has 3 atom stereocenters. The number of hydrogen-bond acceptors (Lipinski definition) is 6. The van der Waals surface area contributed by atoms with Gasteiger partial charge in [0.05, 0.1) is 0 Å². The average Bonchev–Trinajstić information content (AvgIpc) is 2.87. The van der Waals surface area contributed by atoms with Crippen LogP contribution in [0, 0.1) is 0 Å². The Kier molecular flexibility index (Phi) is 3.67. The SMILES string of the molecule is O=C(O)[C@@H]1CC(OC(=O)[C@@H]2NCCS2)CN1. The van der Waals surface area contributed by atoms with Crippen LogP contribution in [0.5, 0.6) is 0 Å². The maximum atomic E-state index is 11.6. The molecule has 6 nitrogen and oxygen atoms in total. The zero-order chi connectivity index (χ0) is 11.5. The van der Waals surface area contributed by atoms with E-state index >= 15 is 0 Å². The Morgan fingerprint density at radius 2 is 2.19 bits per heavy atom. The van der Waals surface area contributed by atoms with Gasteiger partial charge in [0.2, 0.25) is 0 Å². The first-order chi connectivity index (χ1) is 7.66. The van der Waals surface area contributed by atoms with Crippen molar-refractivity contribution in [1.29, 1.82) is 0 Å². The molecule has 0 aliphatic carbocycles. The fourth-order valence-electron chi connectivity index (χ4n) is 1.78. The topological polar surface area (TPSA) is 87.7 Å². The van der Waals surface area contributed by atoms with Crippen molar-refractivity contribution in [1.82, 2.24) is 10.6 Å². The second-order valence-corrected chi connectivity index (χ2v) is 5.01. The Morgan fingerprint density at radius 3 is 2.75 bits per heavy atom. The summed E-state index contributed by atoms with van der Waals surface area (Å²) in [6.45, 7) is 1.23. The average molecular weight is 246 g/mol. The molecule has 1 unspecified atom stereocenters. The minimum absolute atomic E-state index is 0.288. The van der Waals surface area contributed by atoms with Gasteiger partial charge in [0.15, 0.2) is 5.37 Å². The minimum atomic E-state index is -0.896. The molecule has 3 N–H and O–H groups in total. The molecule has 90 valence electrons. The number of carbonyl (C=O) groups excluding carboxylic acids is 1. The highest BCUT2D eigenvalue weighted by atomic mass is 32.2.